The molecule has 0 fully saturated rings. The van der Waals surface area contributed by atoms with Gasteiger partial charge in [0.25, 0.3) is 0 Å². The van der Waals surface area contributed by atoms with Crippen LogP contribution in [0.25, 0.3) is 5.82 Å². The third kappa shape index (κ3) is 3.14. The van der Waals surface area contributed by atoms with Crippen molar-refractivity contribution < 1.29 is 0 Å². The van der Waals surface area contributed by atoms with Crippen LogP contribution in [0.3, 0.4) is 0 Å². The first kappa shape index (κ1) is 15.3. The average molecular weight is 313 g/mol. The van der Waals surface area contributed by atoms with Crippen molar-refractivity contribution in [1.82, 2.24) is 20.1 Å². The molecule has 0 amide bonds. The van der Waals surface area contributed by atoms with E-state index in [4.69, 9.17) is 23.2 Å². The molecule has 0 aliphatic carbocycles. The summed E-state index contributed by atoms with van der Waals surface area (Å²) < 4.78 is 1.74. The molecule has 0 radical (unpaired) electrons. The zero-order chi connectivity index (χ0) is 14.9. The van der Waals surface area contributed by atoms with Crippen LogP contribution in [0.5, 0.6) is 0 Å². The summed E-state index contributed by atoms with van der Waals surface area (Å²) in [6.45, 7) is 8.68. The van der Waals surface area contributed by atoms with Gasteiger partial charge in [0.15, 0.2) is 5.82 Å². The molecule has 108 valence electrons. The summed E-state index contributed by atoms with van der Waals surface area (Å²) in [4.78, 5) is 4.33. The fraction of sp³-hybridized carbons (Fsp3) is 0.429. The van der Waals surface area contributed by atoms with Crippen molar-refractivity contribution in [2.45, 2.75) is 40.3 Å². The van der Waals surface area contributed by atoms with E-state index in [-0.39, 0.29) is 0 Å². The van der Waals surface area contributed by atoms with Crippen molar-refractivity contribution >= 4 is 23.2 Å². The van der Waals surface area contributed by atoms with Gasteiger partial charge >= 0.3 is 0 Å². The summed E-state index contributed by atoms with van der Waals surface area (Å²) in [5.41, 5.74) is 2.67. The summed E-state index contributed by atoms with van der Waals surface area (Å²) in [5.74, 6) is 0.724. The Hall–Kier alpha value is -1.10. The minimum Gasteiger partial charge on any atom is -0.310 e. The van der Waals surface area contributed by atoms with Crippen LogP contribution in [-0.4, -0.2) is 20.8 Å². The maximum Gasteiger partial charge on any atom is 0.154 e. The van der Waals surface area contributed by atoms with Crippen molar-refractivity contribution in [3.8, 4) is 5.82 Å². The lowest BCUT2D eigenvalue weighted by Crippen LogP contribution is -2.22. The number of hydrogen-bond donors (Lipinski definition) is 1. The molecule has 2 rings (SSSR count). The summed E-state index contributed by atoms with van der Waals surface area (Å²) >= 11 is 12.4. The number of aromatic nitrogens is 3. The zero-order valence-corrected chi connectivity index (χ0v) is 13.5. The summed E-state index contributed by atoms with van der Waals surface area (Å²) in [5, 5.41) is 9.07. The van der Waals surface area contributed by atoms with Gasteiger partial charge in [-0.3, -0.25) is 0 Å². The maximum atomic E-state index is 6.19. The molecule has 0 spiro atoms. The summed E-state index contributed by atoms with van der Waals surface area (Å²) in [6.07, 6.45) is 1.65. The van der Waals surface area contributed by atoms with Gasteiger partial charge in [-0.25, -0.2) is 9.67 Å². The number of aryl methyl sites for hydroxylation is 1. The number of nitrogens with zero attached hydrogens (tertiary/aromatic N) is 3. The summed E-state index contributed by atoms with van der Waals surface area (Å²) in [6, 6.07) is 2.33. The molecule has 0 atom stereocenters. The molecule has 0 bridgehead atoms. The monoisotopic (exact) mass is 312 g/mol. The third-order valence-electron chi connectivity index (χ3n) is 3.04. The normalized spacial score (nSPS) is 11.3. The lowest BCUT2D eigenvalue weighted by molar-refractivity contribution is 0.588. The molecular weight excluding hydrogens is 295 g/mol. The molecule has 0 saturated heterocycles. The molecule has 0 unspecified atom stereocenters. The van der Waals surface area contributed by atoms with Crippen LogP contribution in [0.15, 0.2) is 12.3 Å². The highest BCUT2D eigenvalue weighted by Crippen LogP contribution is 2.23. The number of hydrogen-bond acceptors (Lipinski definition) is 3. The maximum absolute atomic E-state index is 6.19. The van der Waals surface area contributed by atoms with E-state index in [1.165, 1.54) is 0 Å². The van der Waals surface area contributed by atoms with Gasteiger partial charge in [0.05, 0.1) is 21.4 Å². The molecule has 1 N–H and O–H groups in total. The Morgan fingerprint density at radius 3 is 2.55 bits per heavy atom. The first-order chi connectivity index (χ1) is 9.40. The molecule has 0 aliphatic heterocycles. The smallest absolute Gasteiger partial charge is 0.154 e. The molecule has 2 aromatic heterocycles. The summed E-state index contributed by atoms with van der Waals surface area (Å²) in [7, 11) is 0. The van der Waals surface area contributed by atoms with E-state index in [0.717, 1.165) is 22.8 Å². The quantitative estimate of drug-likeness (QED) is 0.936. The van der Waals surface area contributed by atoms with Gasteiger partial charge in [0, 0.05) is 18.8 Å². The number of nitrogens with one attached hydrogen (secondary N) is 1. The van der Waals surface area contributed by atoms with Crippen LogP contribution in [0.1, 0.15) is 30.8 Å². The van der Waals surface area contributed by atoms with Crippen LogP contribution < -0.4 is 5.32 Å². The Labute approximate surface area is 129 Å². The van der Waals surface area contributed by atoms with E-state index in [0.29, 0.717) is 22.6 Å². The van der Waals surface area contributed by atoms with E-state index >= 15 is 0 Å². The van der Waals surface area contributed by atoms with Crippen molar-refractivity contribution in [3.63, 3.8) is 0 Å². The molecule has 20 heavy (non-hydrogen) atoms. The topological polar surface area (TPSA) is 42.7 Å². The number of halogens is 2. The molecule has 2 heterocycles. The molecule has 2 aromatic rings. The van der Waals surface area contributed by atoms with Crippen LogP contribution in [0, 0.1) is 13.8 Å². The number of rotatable bonds is 4. The van der Waals surface area contributed by atoms with E-state index in [9.17, 15) is 0 Å². The fourth-order valence-electron chi connectivity index (χ4n) is 1.88. The Kier molecular flexibility index (Phi) is 4.68. The lowest BCUT2D eigenvalue weighted by Gasteiger charge is -2.11. The molecule has 0 aromatic carbocycles. The molecule has 0 saturated carbocycles. The lowest BCUT2D eigenvalue weighted by atomic mass is 10.2. The van der Waals surface area contributed by atoms with E-state index in [1.54, 1.807) is 10.9 Å². The van der Waals surface area contributed by atoms with Gasteiger partial charge in [-0.2, -0.15) is 5.10 Å². The molecule has 4 nitrogen and oxygen atoms in total. The largest absolute Gasteiger partial charge is 0.310 e. The Morgan fingerprint density at radius 1 is 1.30 bits per heavy atom. The minimum absolute atomic E-state index is 0.394. The van der Waals surface area contributed by atoms with Gasteiger partial charge in [-0.15, -0.1) is 0 Å². The van der Waals surface area contributed by atoms with Crippen LogP contribution in [0.4, 0.5) is 0 Å². The minimum atomic E-state index is 0.394. The van der Waals surface area contributed by atoms with E-state index in [2.05, 4.69) is 29.2 Å². The molecular formula is C14H18Cl2N4. The van der Waals surface area contributed by atoms with E-state index < -0.39 is 0 Å². The standard InChI is InChI=1S/C14H18Cl2N4/c1-8(2)17-6-11-5-13(18-7-12(11)15)20-10(4)14(16)9(3)19-20/h5,7-8,17H,6H2,1-4H3. The first-order valence-corrected chi connectivity index (χ1v) is 7.25. The second-order valence-electron chi connectivity index (χ2n) is 5.07. The molecule has 0 aliphatic rings. The Morgan fingerprint density at radius 2 is 2.00 bits per heavy atom. The highest BCUT2D eigenvalue weighted by atomic mass is 35.5. The average Bonchev–Trinajstić information content (AvgIpc) is 2.65. The Bertz CT molecular complexity index is 620. The predicted molar refractivity (Wildman–Crippen MR) is 82.8 cm³/mol. The highest BCUT2D eigenvalue weighted by molar-refractivity contribution is 6.32. The van der Waals surface area contributed by atoms with Crippen LogP contribution >= 0.6 is 23.2 Å². The SMILES string of the molecule is Cc1nn(-c2cc(CNC(C)C)c(Cl)cn2)c(C)c1Cl. The van der Waals surface area contributed by atoms with Gasteiger partial charge in [0.2, 0.25) is 0 Å². The zero-order valence-electron chi connectivity index (χ0n) is 12.0. The van der Waals surface area contributed by atoms with Gasteiger partial charge in [-0.05, 0) is 25.5 Å². The van der Waals surface area contributed by atoms with Crippen LogP contribution in [-0.2, 0) is 6.54 Å². The fourth-order valence-corrected chi connectivity index (χ4v) is 2.17. The predicted octanol–water partition coefficient (Wildman–Crippen LogP) is 3.69. The third-order valence-corrected chi connectivity index (χ3v) is 3.93. The first-order valence-electron chi connectivity index (χ1n) is 6.50. The second-order valence-corrected chi connectivity index (χ2v) is 5.85. The highest BCUT2D eigenvalue weighted by Gasteiger charge is 2.13. The molecule has 6 heteroatoms. The number of pyridine rings is 1. The van der Waals surface area contributed by atoms with Crippen LogP contribution in [0.2, 0.25) is 10.0 Å². The van der Waals surface area contributed by atoms with Crippen molar-refractivity contribution in [3.05, 3.63) is 39.3 Å². The second kappa shape index (κ2) is 6.12. The van der Waals surface area contributed by atoms with Crippen molar-refractivity contribution in [2.24, 2.45) is 0 Å². The van der Waals surface area contributed by atoms with Gasteiger partial charge in [-0.1, -0.05) is 37.0 Å². The van der Waals surface area contributed by atoms with Crippen molar-refractivity contribution in [1.29, 1.82) is 0 Å². The Balaban J connectivity index is 2.38. The van der Waals surface area contributed by atoms with Gasteiger partial charge in [0.1, 0.15) is 0 Å². The van der Waals surface area contributed by atoms with Gasteiger partial charge < -0.3 is 5.32 Å². The van der Waals surface area contributed by atoms with E-state index in [1.807, 2.05) is 19.9 Å². The van der Waals surface area contributed by atoms with Crippen molar-refractivity contribution in [2.75, 3.05) is 0 Å².